The number of carbonyl (C=O) groups excluding carboxylic acids is 1. The van der Waals surface area contributed by atoms with Crippen LogP contribution in [0.2, 0.25) is 0 Å². The molecule has 0 N–H and O–H groups in total. The molecule has 0 saturated carbocycles. The van der Waals surface area contributed by atoms with Gasteiger partial charge in [-0.15, -0.1) is 0 Å². The van der Waals surface area contributed by atoms with Crippen molar-refractivity contribution < 1.29 is 9.18 Å². The number of carbonyl (C=O) groups is 1. The number of rotatable bonds is 5. The number of halogens is 1. The Morgan fingerprint density at radius 1 is 1.23 bits per heavy atom. The summed E-state index contributed by atoms with van der Waals surface area (Å²) in [5.41, 5.74) is 1.40. The number of Topliss-reactive ketones (excluding diaryl/α,β-unsaturated/α-hetero) is 1. The van der Waals surface area contributed by atoms with Crippen molar-refractivity contribution in [2.45, 2.75) is 5.16 Å². The molecule has 2 aromatic rings. The highest BCUT2D eigenvalue weighted by molar-refractivity contribution is 7.98. The zero-order valence-electron chi connectivity index (χ0n) is 12.6. The predicted octanol–water partition coefficient (Wildman–Crippen LogP) is 3.12. The van der Waals surface area contributed by atoms with E-state index in [-0.39, 0.29) is 11.6 Å². The number of aromatic nitrogens is 2. The van der Waals surface area contributed by atoms with Crippen LogP contribution in [0.25, 0.3) is 5.57 Å². The molecular weight excluding hydrogens is 301 g/mol. The summed E-state index contributed by atoms with van der Waals surface area (Å²) >= 11 is 1.40. The Kier molecular flexibility index (Phi) is 5.27. The predicted molar refractivity (Wildman–Crippen MR) is 86.2 cm³/mol. The van der Waals surface area contributed by atoms with Crippen LogP contribution in [0.4, 0.5) is 4.39 Å². The second-order valence-corrected chi connectivity index (χ2v) is 5.54. The van der Waals surface area contributed by atoms with Crippen molar-refractivity contribution in [1.82, 2.24) is 14.9 Å². The Morgan fingerprint density at radius 3 is 2.50 bits per heavy atom. The highest BCUT2D eigenvalue weighted by Crippen LogP contribution is 2.20. The van der Waals surface area contributed by atoms with E-state index in [0.29, 0.717) is 22.0 Å². The van der Waals surface area contributed by atoms with E-state index in [0.717, 1.165) is 0 Å². The first-order valence-corrected chi connectivity index (χ1v) is 7.79. The maximum atomic E-state index is 13.0. The number of ketones is 1. The minimum Gasteiger partial charge on any atom is -0.383 e. The molecule has 0 atom stereocenters. The fourth-order valence-corrected chi connectivity index (χ4v) is 2.20. The summed E-state index contributed by atoms with van der Waals surface area (Å²) in [4.78, 5) is 23.0. The Balaban J connectivity index is 2.46. The van der Waals surface area contributed by atoms with Crippen LogP contribution < -0.4 is 0 Å². The van der Waals surface area contributed by atoms with E-state index in [9.17, 15) is 9.18 Å². The molecule has 2 rings (SSSR count). The Labute approximate surface area is 133 Å². The maximum Gasteiger partial charge on any atom is 0.196 e. The summed E-state index contributed by atoms with van der Waals surface area (Å²) in [6.07, 6.45) is 5.20. The number of allylic oxidation sites excluding steroid dienone is 1. The molecule has 0 aliphatic heterocycles. The molecule has 114 valence electrons. The number of hydrogen-bond donors (Lipinski definition) is 0. The summed E-state index contributed by atoms with van der Waals surface area (Å²) in [5, 5.41) is 0.592. The second kappa shape index (κ2) is 7.17. The SMILES string of the molecule is CSc1nccc(/C(=C/N(C)C)C(=O)c2ccc(F)cc2)n1. The third kappa shape index (κ3) is 3.92. The standard InChI is InChI=1S/C16H16FN3OS/c1-20(2)10-13(14-8-9-18-16(19-14)22-3)15(21)11-4-6-12(17)7-5-11/h4-10H,1-3H3/b13-10-. The molecule has 22 heavy (non-hydrogen) atoms. The Morgan fingerprint density at radius 2 is 1.91 bits per heavy atom. The van der Waals surface area contributed by atoms with E-state index in [2.05, 4.69) is 9.97 Å². The summed E-state index contributed by atoms with van der Waals surface area (Å²) in [7, 11) is 3.66. The average Bonchev–Trinajstić information content (AvgIpc) is 2.52. The summed E-state index contributed by atoms with van der Waals surface area (Å²) < 4.78 is 13.0. The fraction of sp³-hybridized carbons (Fsp3) is 0.188. The summed E-state index contributed by atoms with van der Waals surface area (Å²) in [5.74, 6) is -0.583. The van der Waals surface area contributed by atoms with Crippen LogP contribution in [-0.2, 0) is 0 Å². The van der Waals surface area contributed by atoms with Gasteiger partial charge >= 0.3 is 0 Å². The minimum atomic E-state index is -0.374. The van der Waals surface area contributed by atoms with Gasteiger partial charge in [0.15, 0.2) is 10.9 Å². The van der Waals surface area contributed by atoms with Gasteiger partial charge in [-0.2, -0.15) is 0 Å². The van der Waals surface area contributed by atoms with Crippen molar-refractivity contribution in [3.8, 4) is 0 Å². The van der Waals surface area contributed by atoms with Gasteiger partial charge in [-0.25, -0.2) is 14.4 Å². The van der Waals surface area contributed by atoms with Crippen molar-refractivity contribution >= 4 is 23.1 Å². The molecule has 0 fully saturated rings. The zero-order valence-corrected chi connectivity index (χ0v) is 13.4. The van der Waals surface area contributed by atoms with Gasteiger partial charge < -0.3 is 4.90 Å². The molecule has 0 amide bonds. The van der Waals surface area contributed by atoms with Crippen molar-refractivity contribution in [3.63, 3.8) is 0 Å². The lowest BCUT2D eigenvalue weighted by molar-refractivity contribution is 0.105. The maximum absolute atomic E-state index is 13.0. The molecule has 1 aromatic heterocycles. The van der Waals surface area contributed by atoms with Gasteiger partial charge in [-0.3, -0.25) is 4.79 Å². The number of benzene rings is 1. The Bertz CT molecular complexity index is 699. The highest BCUT2D eigenvalue weighted by atomic mass is 32.2. The lowest BCUT2D eigenvalue weighted by atomic mass is 10.0. The van der Waals surface area contributed by atoms with Crippen LogP contribution in [0.5, 0.6) is 0 Å². The normalized spacial score (nSPS) is 11.4. The quantitative estimate of drug-likeness (QED) is 0.367. The first-order valence-electron chi connectivity index (χ1n) is 6.57. The van der Waals surface area contributed by atoms with Gasteiger partial charge in [0.2, 0.25) is 0 Å². The largest absolute Gasteiger partial charge is 0.383 e. The molecule has 6 heteroatoms. The zero-order chi connectivity index (χ0) is 16.1. The van der Waals surface area contributed by atoms with Crippen LogP contribution in [0.1, 0.15) is 16.1 Å². The average molecular weight is 317 g/mol. The number of thioether (sulfide) groups is 1. The van der Waals surface area contributed by atoms with Gasteiger partial charge in [0.1, 0.15) is 5.82 Å². The smallest absolute Gasteiger partial charge is 0.196 e. The molecule has 1 aromatic carbocycles. The molecule has 0 saturated heterocycles. The van der Waals surface area contributed by atoms with Crippen LogP contribution in [0.3, 0.4) is 0 Å². The minimum absolute atomic E-state index is 0.209. The van der Waals surface area contributed by atoms with Gasteiger partial charge in [-0.05, 0) is 36.6 Å². The van der Waals surface area contributed by atoms with Gasteiger partial charge in [0.25, 0.3) is 0 Å². The molecule has 1 heterocycles. The topological polar surface area (TPSA) is 46.1 Å². The van der Waals surface area contributed by atoms with E-state index < -0.39 is 0 Å². The number of hydrogen-bond acceptors (Lipinski definition) is 5. The van der Waals surface area contributed by atoms with Crippen LogP contribution in [0.15, 0.2) is 47.9 Å². The van der Waals surface area contributed by atoms with E-state index in [1.807, 2.05) is 20.4 Å². The highest BCUT2D eigenvalue weighted by Gasteiger charge is 2.17. The first kappa shape index (κ1) is 16.2. The number of nitrogens with zero attached hydrogens (tertiary/aromatic N) is 3. The van der Waals surface area contributed by atoms with E-state index in [1.54, 1.807) is 23.4 Å². The molecule has 4 nitrogen and oxygen atoms in total. The van der Waals surface area contributed by atoms with E-state index in [4.69, 9.17) is 0 Å². The third-order valence-electron chi connectivity index (χ3n) is 2.83. The van der Waals surface area contributed by atoms with Crippen LogP contribution >= 0.6 is 11.8 Å². The summed E-state index contributed by atoms with van der Waals surface area (Å²) in [6.45, 7) is 0. The van der Waals surface area contributed by atoms with Gasteiger partial charge in [0, 0.05) is 32.1 Å². The first-order chi connectivity index (χ1) is 10.5. The van der Waals surface area contributed by atoms with E-state index >= 15 is 0 Å². The van der Waals surface area contributed by atoms with Crippen molar-refractivity contribution in [1.29, 1.82) is 0 Å². The van der Waals surface area contributed by atoms with E-state index in [1.165, 1.54) is 36.0 Å². The van der Waals surface area contributed by atoms with Gasteiger partial charge in [-0.1, -0.05) is 11.8 Å². The van der Waals surface area contributed by atoms with Crippen molar-refractivity contribution in [3.05, 3.63) is 59.8 Å². The molecule has 0 aliphatic rings. The summed E-state index contributed by atoms with van der Waals surface area (Å²) in [6, 6.07) is 7.17. The van der Waals surface area contributed by atoms with Crippen molar-refractivity contribution in [2.75, 3.05) is 20.4 Å². The molecular formula is C16H16FN3OS. The van der Waals surface area contributed by atoms with Crippen LogP contribution in [0, 0.1) is 5.82 Å². The lowest BCUT2D eigenvalue weighted by Gasteiger charge is -2.11. The van der Waals surface area contributed by atoms with Crippen molar-refractivity contribution in [2.24, 2.45) is 0 Å². The third-order valence-corrected chi connectivity index (χ3v) is 3.39. The Hall–Kier alpha value is -2.21. The molecule has 0 bridgehead atoms. The lowest BCUT2D eigenvalue weighted by Crippen LogP contribution is -2.11. The monoisotopic (exact) mass is 317 g/mol. The molecule has 0 radical (unpaired) electrons. The van der Waals surface area contributed by atoms with Gasteiger partial charge in [0.05, 0.1) is 11.3 Å². The fourth-order valence-electron chi connectivity index (χ4n) is 1.85. The molecule has 0 spiro atoms. The van der Waals surface area contributed by atoms with Crippen LogP contribution in [-0.4, -0.2) is 41.0 Å². The molecule has 0 aliphatic carbocycles. The second-order valence-electron chi connectivity index (χ2n) is 4.77. The molecule has 0 unspecified atom stereocenters.